The van der Waals surface area contributed by atoms with Gasteiger partial charge in [0.05, 0.1) is 24.2 Å². The maximum atomic E-state index is 13.4. The number of benzene rings is 1. The van der Waals surface area contributed by atoms with E-state index in [1.54, 1.807) is 22.8 Å². The highest BCUT2D eigenvalue weighted by atomic mass is 35.5. The number of halogens is 2. The lowest BCUT2D eigenvalue weighted by Gasteiger charge is -2.47. The lowest BCUT2D eigenvalue weighted by atomic mass is 9.77. The molecule has 1 aromatic heterocycles. The van der Waals surface area contributed by atoms with Gasteiger partial charge in [-0.3, -0.25) is 4.79 Å². The third-order valence-electron chi connectivity index (χ3n) is 5.93. The van der Waals surface area contributed by atoms with Crippen LogP contribution in [0, 0.1) is 11.2 Å². The van der Waals surface area contributed by atoms with Crippen LogP contribution in [0.5, 0.6) is 0 Å². The van der Waals surface area contributed by atoms with E-state index in [4.69, 9.17) is 16.3 Å². The van der Waals surface area contributed by atoms with E-state index in [-0.39, 0.29) is 28.4 Å². The van der Waals surface area contributed by atoms with Gasteiger partial charge in [0.1, 0.15) is 11.5 Å². The van der Waals surface area contributed by atoms with Gasteiger partial charge in [0.25, 0.3) is 5.91 Å². The SMILES string of the molecule is COC(=O)N1CC2(CCC(c3ncn(C)c3C(=O)Nc3ccc(F)c(Cl)c3)C2)C1. The molecule has 1 saturated heterocycles. The fraction of sp³-hybridized carbons (Fsp3) is 0.450. The van der Waals surface area contributed by atoms with Crippen molar-refractivity contribution in [1.29, 1.82) is 0 Å². The van der Waals surface area contributed by atoms with E-state index in [9.17, 15) is 14.0 Å². The van der Waals surface area contributed by atoms with Crippen LogP contribution in [0.2, 0.25) is 5.02 Å². The molecule has 29 heavy (non-hydrogen) atoms. The Bertz CT molecular complexity index is 971. The number of methoxy groups -OCH3 is 1. The van der Waals surface area contributed by atoms with E-state index in [2.05, 4.69) is 10.3 Å². The first-order valence-electron chi connectivity index (χ1n) is 9.42. The second kappa shape index (κ2) is 7.33. The molecule has 2 amide bonds. The summed E-state index contributed by atoms with van der Waals surface area (Å²) in [6.45, 7) is 1.36. The van der Waals surface area contributed by atoms with E-state index in [0.717, 1.165) is 25.0 Å². The van der Waals surface area contributed by atoms with Crippen LogP contribution in [0.25, 0.3) is 0 Å². The van der Waals surface area contributed by atoms with Crippen molar-refractivity contribution in [1.82, 2.24) is 14.5 Å². The van der Waals surface area contributed by atoms with E-state index in [0.29, 0.717) is 24.5 Å². The molecule has 1 spiro atoms. The van der Waals surface area contributed by atoms with Crippen LogP contribution in [0.3, 0.4) is 0 Å². The van der Waals surface area contributed by atoms with Crippen LogP contribution in [-0.2, 0) is 11.8 Å². The van der Waals surface area contributed by atoms with E-state index in [1.165, 1.54) is 25.3 Å². The van der Waals surface area contributed by atoms with Crippen molar-refractivity contribution >= 4 is 29.3 Å². The number of aromatic nitrogens is 2. The molecule has 1 saturated carbocycles. The molecule has 1 N–H and O–H groups in total. The minimum Gasteiger partial charge on any atom is -0.453 e. The topological polar surface area (TPSA) is 76.5 Å². The second-order valence-electron chi connectivity index (χ2n) is 7.94. The maximum absolute atomic E-state index is 13.4. The third-order valence-corrected chi connectivity index (χ3v) is 6.22. The average molecular weight is 421 g/mol. The Hall–Kier alpha value is -2.61. The molecule has 0 radical (unpaired) electrons. The van der Waals surface area contributed by atoms with Crippen molar-refractivity contribution in [2.24, 2.45) is 12.5 Å². The molecule has 9 heteroatoms. The summed E-state index contributed by atoms with van der Waals surface area (Å²) in [4.78, 5) is 30.8. The number of likely N-dealkylation sites (tertiary alicyclic amines) is 1. The Kier molecular flexibility index (Phi) is 4.98. The number of nitrogens with zero attached hydrogens (tertiary/aromatic N) is 3. The molecular formula is C20H22ClFN4O3. The zero-order valence-electron chi connectivity index (χ0n) is 16.2. The number of aryl methyl sites for hydroxylation is 1. The van der Waals surface area contributed by atoms with Gasteiger partial charge in [-0.2, -0.15) is 0 Å². The van der Waals surface area contributed by atoms with Gasteiger partial charge in [-0.1, -0.05) is 11.6 Å². The highest BCUT2D eigenvalue weighted by molar-refractivity contribution is 6.31. The standard InChI is InChI=1S/C20H22ClFN4O3/c1-25-11-23-16(12-5-6-20(8-12)9-26(10-20)19(28)29-2)17(25)18(27)24-13-3-4-15(22)14(21)7-13/h3-4,7,11-12H,5-6,8-10H2,1-2H3,(H,24,27). The number of hydrogen-bond donors (Lipinski definition) is 1. The number of amides is 2. The Labute approximate surface area is 172 Å². The predicted molar refractivity (Wildman–Crippen MR) is 106 cm³/mol. The summed E-state index contributed by atoms with van der Waals surface area (Å²) in [5.41, 5.74) is 1.74. The summed E-state index contributed by atoms with van der Waals surface area (Å²) in [6, 6.07) is 4.06. The Morgan fingerprint density at radius 2 is 2.14 bits per heavy atom. The van der Waals surface area contributed by atoms with Crippen molar-refractivity contribution in [3.8, 4) is 0 Å². The third kappa shape index (κ3) is 3.57. The van der Waals surface area contributed by atoms with Gasteiger partial charge in [-0.05, 0) is 37.5 Å². The summed E-state index contributed by atoms with van der Waals surface area (Å²) in [5.74, 6) is -0.703. The number of ether oxygens (including phenoxy) is 1. The Morgan fingerprint density at radius 1 is 1.38 bits per heavy atom. The van der Waals surface area contributed by atoms with Crippen LogP contribution in [0.15, 0.2) is 24.5 Å². The van der Waals surface area contributed by atoms with Crippen molar-refractivity contribution in [3.05, 3.63) is 46.8 Å². The summed E-state index contributed by atoms with van der Waals surface area (Å²) < 4.78 is 19.8. The monoisotopic (exact) mass is 420 g/mol. The lowest BCUT2D eigenvalue weighted by molar-refractivity contribution is 0.00675. The summed E-state index contributed by atoms with van der Waals surface area (Å²) in [6.07, 6.45) is 4.11. The molecule has 0 bridgehead atoms. The maximum Gasteiger partial charge on any atom is 0.409 e. The Balaban J connectivity index is 1.49. The molecule has 2 aromatic rings. The van der Waals surface area contributed by atoms with Crippen LogP contribution in [-0.4, -0.2) is 46.7 Å². The number of imidazole rings is 1. The summed E-state index contributed by atoms with van der Waals surface area (Å²) >= 11 is 5.81. The van der Waals surface area contributed by atoms with Gasteiger partial charge in [-0.25, -0.2) is 14.2 Å². The van der Waals surface area contributed by atoms with E-state index >= 15 is 0 Å². The minimum absolute atomic E-state index is 0.0501. The average Bonchev–Trinajstić information content (AvgIpc) is 3.27. The second-order valence-corrected chi connectivity index (χ2v) is 8.35. The molecule has 2 heterocycles. The van der Waals surface area contributed by atoms with Gasteiger partial charge in [0, 0.05) is 37.2 Å². The van der Waals surface area contributed by atoms with Crippen molar-refractivity contribution in [3.63, 3.8) is 0 Å². The number of hydrogen-bond acceptors (Lipinski definition) is 4. The lowest BCUT2D eigenvalue weighted by Crippen LogP contribution is -2.57. The molecule has 4 rings (SSSR count). The number of rotatable bonds is 3. The normalized spacial score (nSPS) is 19.9. The van der Waals surface area contributed by atoms with Crippen LogP contribution < -0.4 is 5.32 Å². The highest BCUT2D eigenvalue weighted by Gasteiger charge is 2.51. The molecular weight excluding hydrogens is 399 g/mol. The van der Waals surface area contributed by atoms with Gasteiger partial charge < -0.3 is 19.5 Å². The van der Waals surface area contributed by atoms with Gasteiger partial charge in [-0.15, -0.1) is 0 Å². The largest absolute Gasteiger partial charge is 0.453 e. The van der Waals surface area contributed by atoms with Crippen molar-refractivity contribution in [2.45, 2.75) is 25.2 Å². The fourth-order valence-electron chi connectivity index (χ4n) is 4.54. The van der Waals surface area contributed by atoms with Crippen LogP contribution in [0.4, 0.5) is 14.9 Å². The highest BCUT2D eigenvalue weighted by Crippen LogP contribution is 2.52. The summed E-state index contributed by atoms with van der Waals surface area (Å²) in [5, 5.41) is 2.72. The number of carbonyl (C=O) groups excluding carboxylic acids is 2. The molecule has 1 aliphatic carbocycles. The zero-order chi connectivity index (χ0) is 20.8. The molecule has 1 aliphatic heterocycles. The summed E-state index contributed by atoms with van der Waals surface area (Å²) in [7, 11) is 3.16. The molecule has 7 nitrogen and oxygen atoms in total. The number of carbonyl (C=O) groups is 2. The van der Waals surface area contributed by atoms with Crippen molar-refractivity contribution in [2.75, 3.05) is 25.5 Å². The smallest absolute Gasteiger partial charge is 0.409 e. The van der Waals surface area contributed by atoms with E-state index in [1.807, 2.05) is 0 Å². The van der Waals surface area contributed by atoms with Crippen molar-refractivity contribution < 1.29 is 18.7 Å². The van der Waals surface area contributed by atoms with E-state index < -0.39 is 5.82 Å². The first-order valence-corrected chi connectivity index (χ1v) is 9.80. The minimum atomic E-state index is -0.538. The molecule has 2 fully saturated rings. The molecule has 1 unspecified atom stereocenters. The van der Waals surface area contributed by atoms with Crippen LogP contribution >= 0.6 is 11.6 Å². The number of nitrogens with one attached hydrogen (secondary N) is 1. The molecule has 2 aliphatic rings. The quantitative estimate of drug-likeness (QED) is 0.819. The fourth-order valence-corrected chi connectivity index (χ4v) is 4.72. The first kappa shape index (κ1) is 19.7. The van der Waals surface area contributed by atoms with Crippen LogP contribution in [0.1, 0.15) is 41.4 Å². The number of anilines is 1. The van der Waals surface area contributed by atoms with Gasteiger partial charge in [0.15, 0.2) is 0 Å². The van der Waals surface area contributed by atoms with Gasteiger partial charge in [0.2, 0.25) is 0 Å². The molecule has 1 atom stereocenters. The first-order chi connectivity index (χ1) is 13.8. The zero-order valence-corrected chi connectivity index (χ0v) is 17.0. The van der Waals surface area contributed by atoms with Gasteiger partial charge >= 0.3 is 6.09 Å². The predicted octanol–water partition coefficient (Wildman–Crippen LogP) is 3.80. The Morgan fingerprint density at radius 3 is 2.83 bits per heavy atom. The molecule has 1 aromatic carbocycles. The molecule has 154 valence electrons.